The molecule has 4 rings (SSSR count). The highest BCUT2D eigenvalue weighted by molar-refractivity contribution is 6.11. The van der Waals surface area contributed by atoms with Crippen molar-refractivity contribution < 1.29 is 23.8 Å². The highest BCUT2D eigenvalue weighted by Gasteiger charge is 2.25. The minimum absolute atomic E-state index is 0.198. The van der Waals surface area contributed by atoms with E-state index in [1.165, 1.54) is 20.3 Å². The van der Waals surface area contributed by atoms with E-state index in [-0.39, 0.29) is 5.69 Å². The molecule has 0 saturated carbocycles. The predicted molar refractivity (Wildman–Crippen MR) is 102 cm³/mol. The number of carbonyl (C=O) groups excluding carboxylic acids is 2. The fourth-order valence-corrected chi connectivity index (χ4v) is 3.33. The lowest BCUT2D eigenvalue weighted by atomic mass is 10.1. The third kappa shape index (κ3) is 3.00. The third-order valence-corrected chi connectivity index (χ3v) is 4.55. The summed E-state index contributed by atoms with van der Waals surface area (Å²) in [5.41, 5.74) is 3.55. The van der Waals surface area contributed by atoms with Crippen LogP contribution in [0.15, 0.2) is 48.4 Å². The minimum Gasteiger partial charge on any atom is -0.477 e. The normalized spacial score (nSPS) is 17.2. The van der Waals surface area contributed by atoms with E-state index in [4.69, 9.17) is 14.2 Å². The SMILES string of the molecule is COC(=O)c1cc2c([nH]c3cccc(C)c32)c(C2C=CC(=COC(C)=O)O2)n1. The van der Waals surface area contributed by atoms with E-state index in [1.54, 1.807) is 18.2 Å². The van der Waals surface area contributed by atoms with Gasteiger partial charge in [0.2, 0.25) is 0 Å². The molecule has 0 amide bonds. The second kappa shape index (κ2) is 6.84. The van der Waals surface area contributed by atoms with Crippen molar-refractivity contribution in [3.05, 3.63) is 65.4 Å². The molecule has 0 saturated heterocycles. The summed E-state index contributed by atoms with van der Waals surface area (Å²) in [7, 11) is 1.32. The molecule has 0 fully saturated rings. The number of ether oxygens (including phenoxy) is 3. The average molecular weight is 378 g/mol. The number of aryl methyl sites for hydroxylation is 1. The minimum atomic E-state index is -0.540. The summed E-state index contributed by atoms with van der Waals surface area (Å²) in [4.78, 5) is 31.1. The average Bonchev–Trinajstić information content (AvgIpc) is 3.30. The maximum atomic E-state index is 12.2. The number of nitrogens with zero attached hydrogens (tertiary/aromatic N) is 1. The second-order valence-electron chi connectivity index (χ2n) is 6.46. The van der Waals surface area contributed by atoms with Gasteiger partial charge in [-0.15, -0.1) is 0 Å². The first kappa shape index (κ1) is 17.8. The Kier molecular flexibility index (Phi) is 4.35. The highest BCUT2D eigenvalue weighted by Crippen LogP contribution is 2.36. The fraction of sp³-hybridized carbons (Fsp3) is 0.190. The molecule has 1 unspecified atom stereocenters. The Morgan fingerprint density at radius 1 is 1.32 bits per heavy atom. The van der Waals surface area contributed by atoms with Gasteiger partial charge in [0.05, 0.1) is 12.6 Å². The van der Waals surface area contributed by atoms with Gasteiger partial charge in [-0.1, -0.05) is 12.1 Å². The van der Waals surface area contributed by atoms with Gasteiger partial charge in [0.15, 0.2) is 11.9 Å². The van der Waals surface area contributed by atoms with Crippen LogP contribution in [0.2, 0.25) is 0 Å². The number of hydrogen-bond acceptors (Lipinski definition) is 6. The summed E-state index contributed by atoms with van der Waals surface area (Å²) in [5, 5.41) is 1.89. The first-order valence-corrected chi connectivity index (χ1v) is 8.70. The van der Waals surface area contributed by atoms with Gasteiger partial charge in [-0.2, -0.15) is 0 Å². The first-order valence-electron chi connectivity index (χ1n) is 8.70. The van der Waals surface area contributed by atoms with E-state index in [0.717, 1.165) is 27.4 Å². The van der Waals surface area contributed by atoms with E-state index in [2.05, 4.69) is 9.97 Å². The van der Waals surface area contributed by atoms with Gasteiger partial charge in [0, 0.05) is 23.2 Å². The number of aromatic nitrogens is 2. The van der Waals surface area contributed by atoms with Gasteiger partial charge < -0.3 is 19.2 Å². The van der Waals surface area contributed by atoms with Crippen LogP contribution in [0.4, 0.5) is 0 Å². The molecular formula is C21H18N2O5. The monoisotopic (exact) mass is 378 g/mol. The van der Waals surface area contributed by atoms with Gasteiger partial charge in [-0.3, -0.25) is 4.79 Å². The van der Waals surface area contributed by atoms with E-state index < -0.39 is 18.0 Å². The summed E-state index contributed by atoms with van der Waals surface area (Å²) in [5.74, 6) is -0.568. The number of aromatic amines is 1. The molecule has 7 nitrogen and oxygen atoms in total. The summed E-state index contributed by atoms with van der Waals surface area (Å²) in [6.45, 7) is 3.32. The van der Waals surface area contributed by atoms with Crippen molar-refractivity contribution in [3.8, 4) is 0 Å². The molecular weight excluding hydrogens is 360 g/mol. The molecule has 3 heterocycles. The van der Waals surface area contributed by atoms with Crippen LogP contribution in [-0.4, -0.2) is 29.0 Å². The smallest absolute Gasteiger partial charge is 0.356 e. The standard InChI is InChI=1S/C21H18N2O5/c1-11-5-4-6-15-18(11)14-9-16(21(25)26-3)23-20(19(14)22-15)17-8-7-13(28-17)10-27-12(2)24/h4-10,17,22H,1-3H3. The number of hydrogen-bond donors (Lipinski definition) is 1. The van der Waals surface area contributed by atoms with E-state index in [0.29, 0.717) is 11.5 Å². The number of rotatable bonds is 3. The number of fused-ring (bicyclic) bond motifs is 3. The van der Waals surface area contributed by atoms with Crippen LogP contribution >= 0.6 is 0 Å². The van der Waals surface area contributed by atoms with Gasteiger partial charge in [0.1, 0.15) is 17.6 Å². The van der Waals surface area contributed by atoms with Crippen molar-refractivity contribution in [2.45, 2.75) is 20.0 Å². The fourth-order valence-electron chi connectivity index (χ4n) is 3.33. The quantitative estimate of drug-likeness (QED) is 0.550. The molecule has 3 aromatic rings. The predicted octanol–water partition coefficient (Wildman–Crippen LogP) is 3.84. The molecule has 0 aliphatic carbocycles. The largest absolute Gasteiger partial charge is 0.477 e. The van der Waals surface area contributed by atoms with Gasteiger partial charge >= 0.3 is 11.9 Å². The Labute approximate surface area is 160 Å². The number of carbonyl (C=O) groups is 2. The molecule has 1 atom stereocenters. The Morgan fingerprint density at radius 2 is 2.14 bits per heavy atom. The number of H-pyrrole nitrogens is 1. The van der Waals surface area contributed by atoms with E-state index in [9.17, 15) is 9.59 Å². The zero-order valence-corrected chi connectivity index (χ0v) is 15.6. The lowest BCUT2D eigenvalue weighted by Crippen LogP contribution is -2.09. The van der Waals surface area contributed by atoms with Gasteiger partial charge in [-0.05, 0) is 36.8 Å². The molecule has 7 heteroatoms. The molecule has 28 heavy (non-hydrogen) atoms. The molecule has 1 N–H and O–H groups in total. The van der Waals surface area contributed by atoms with E-state index in [1.807, 2.05) is 25.1 Å². The topological polar surface area (TPSA) is 90.5 Å². The van der Waals surface area contributed by atoms with Crippen molar-refractivity contribution in [1.29, 1.82) is 0 Å². The van der Waals surface area contributed by atoms with Crippen LogP contribution in [-0.2, 0) is 19.0 Å². The number of allylic oxidation sites excluding steroid dienone is 1. The zero-order valence-electron chi connectivity index (χ0n) is 15.6. The van der Waals surface area contributed by atoms with Crippen molar-refractivity contribution >= 4 is 33.7 Å². The third-order valence-electron chi connectivity index (χ3n) is 4.55. The Hall–Kier alpha value is -3.61. The van der Waals surface area contributed by atoms with Crippen LogP contribution in [0.1, 0.15) is 34.8 Å². The molecule has 1 aromatic carbocycles. The van der Waals surface area contributed by atoms with Gasteiger partial charge in [-0.25, -0.2) is 9.78 Å². The van der Waals surface area contributed by atoms with Crippen LogP contribution in [0, 0.1) is 6.92 Å². The Morgan fingerprint density at radius 3 is 2.89 bits per heavy atom. The number of benzene rings is 1. The summed E-state index contributed by atoms with van der Waals surface area (Å²) in [6, 6.07) is 7.68. The van der Waals surface area contributed by atoms with Crippen LogP contribution < -0.4 is 0 Å². The Balaban J connectivity index is 1.88. The number of methoxy groups -OCH3 is 1. The molecule has 1 aliphatic heterocycles. The van der Waals surface area contributed by atoms with Crippen LogP contribution in [0.5, 0.6) is 0 Å². The van der Waals surface area contributed by atoms with Crippen molar-refractivity contribution in [2.75, 3.05) is 7.11 Å². The molecule has 2 aromatic heterocycles. The summed E-state index contributed by atoms with van der Waals surface area (Å²) >= 11 is 0. The van der Waals surface area contributed by atoms with Crippen molar-refractivity contribution in [2.24, 2.45) is 0 Å². The molecule has 0 bridgehead atoms. The van der Waals surface area contributed by atoms with Crippen molar-refractivity contribution in [3.63, 3.8) is 0 Å². The molecule has 0 spiro atoms. The number of esters is 2. The summed E-state index contributed by atoms with van der Waals surface area (Å²) in [6.07, 6.45) is 4.19. The second-order valence-corrected chi connectivity index (χ2v) is 6.46. The first-order chi connectivity index (χ1) is 13.5. The Bertz CT molecular complexity index is 1170. The highest BCUT2D eigenvalue weighted by atomic mass is 16.5. The number of nitrogens with one attached hydrogen (secondary N) is 1. The van der Waals surface area contributed by atoms with Crippen LogP contribution in [0.3, 0.4) is 0 Å². The van der Waals surface area contributed by atoms with Crippen molar-refractivity contribution in [1.82, 2.24) is 9.97 Å². The zero-order chi connectivity index (χ0) is 19.8. The van der Waals surface area contributed by atoms with Gasteiger partial charge in [0.25, 0.3) is 0 Å². The molecule has 0 radical (unpaired) electrons. The van der Waals surface area contributed by atoms with E-state index >= 15 is 0 Å². The maximum absolute atomic E-state index is 12.2. The molecule has 1 aliphatic rings. The number of pyridine rings is 1. The summed E-state index contributed by atoms with van der Waals surface area (Å²) < 4.78 is 15.6. The lowest BCUT2D eigenvalue weighted by Gasteiger charge is -2.12. The van der Waals surface area contributed by atoms with Crippen LogP contribution in [0.25, 0.3) is 21.8 Å². The molecule has 142 valence electrons. The lowest BCUT2D eigenvalue weighted by molar-refractivity contribution is -0.135. The maximum Gasteiger partial charge on any atom is 0.356 e.